The van der Waals surface area contributed by atoms with Crippen molar-refractivity contribution < 1.29 is 0 Å². The Morgan fingerprint density at radius 2 is 1.27 bits per heavy atom. The van der Waals surface area contributed by atoms with Gasteiger partial charge in [0.25, 0.3) is 0 Å². The summed E-state index contributed by atoms with van der Waals surface area (Å²) in [5.74, 6) is 0. The number of hydrogen-bond donors (Lipinski definition) is 0. The lowest BCUT2D eigenvalue weighted by Gasteiger charge is -2.01. The van der Waals surface area contributed by atoms with Crippen LogP contribution in [0.1, 0.15) is 44.9 Å². The van der Waals surface area contributed by atoms with Gasteiger partial charge in [-0.05, 0) is 38.5 Å². The molecule has 0 saturated carbocycles. The predicted octanol–water partition coefficient (Wildman–Crippen LogP) is 4.71. The fourth-order valence-corrected chi connectivity index (χ4v) is 2.22. The highest BCUT2D eigenvalue weighted by Gasteiger charge is 1.99. The third kappa shape index (κ3) is 3.54. The molecule has 0 aromatic rings. The minimum atomic E-state index is 1.16. The van der Waals surface area contributed by atoms with Gasteiger partial charge in [0, 0.05) is 0 Å². The molecular formula is C15H20. The van der Waals surface area contributed by atoms with Crippen LogP contribution >= 0.6 is 0 Å². The van der Waals surface area contributed by atoms with Crippen LogP contribution in [0.15, 0.2) is 47.6 Å². The first kappa shape index (κ1) is 10.5. The maximum atomic E-state index is 2.35. The first-order valence-corrected chi connectivity index (χ1v) is 6.16. The smallest absolute Gasteiger partial charge is 0.0160 e. The normalized spacial score (nSPS) is 18.4. The van der Waals surface area contributed by atoms with Crippen molar-refractivity contribution in [3.05, 3.63) is 47.6 Å². The molecule has 2 aliphatic rings. The lowest BCUT2D eigenvalue weighted by molar-refractivity contribution is 0.681. The molecule has 0 aliphatic heterocycles. The number of hydrogen-bond acceptors (Lipinski definition) is 0. The standard InChI is InChI=1S/C15H20/c1(2-8-14-10-4-5-11-14)3-9-15-12-6-7-13-15/h4,6,10-13H,1-3,5,7-9H2. The number of rotatable bonds is 6. The molecule has 0 heteroatoms. The molecule has 0 heterocycles. The molecule has 2 aliphatic carbocycles. The van der Waals surface area contributed by atoms with E-state index < -0.39 is 0 Å². The van der Waals surface area contributed by atoms with Crippen molar-refractivity contribution in [1.82, 2.24) is 0 Å². The maximum absolute atomic E-state index is 2.35. The highest BCUT2D eigenvalue weighted by Crippen LogP contribution is 2.19. The highest BCUT2D eigenvalue weighted by molar-refractivity contribution is 5.26. The zero-order chi connectivity index (χ0) is 10.3. The molecule has 0 spiro atoms. The van der Waals surface area contributed by atoms with Gasteiger partial charge in [0.2, 0.25) is 0 Å². The zero-order valence-electron chi connectivity index (χ0n) is 9.41. The SMILES string of the molecule is C1=CC(CCCCCC2=CCC=C2)=CC1. The molecule has 0 N–H and O–H groups in total. The van der Waals surface area contributed by atoms with Crippen LogP contribution in [0.5, 0.6) is 0 Å². The quantitative estimate of drug-likeness (QED) is 0.545. The molecule has 0 nitrogen and oxygen atoms in total. The van der Waals surface area contributed by atoms with Crippen LogP contribution in [0.4, 0.5) is 0 Å². The third-order valence-electron chi connectivity index (χ3n) is 3.13. The summed E-state index contributed by atoms with van der Waals surface area (Å²) in [5.41, 5.74) is 3.10. The van der Waals surface area contributed by atoms with Crippen LogP contribution in [0.2, 0.25) is 0 Å². The number of allylic oxidation sites excluding steroid dienone is 8. The monoisotopic (exact) mass is 200 g/mol. The largest absolute Gasteiger partial charge is 0.0805 e. The van der Waals surface area contributed by atoms with Gasteiger partial charge in [0.15, 0.2) is 0 Å². The van der Waals surface area contributed by atoms with Gasteiger partial charge in [-0.1, -0.05) is 54.0 Å². The summed E-state index contributed by atoms with van der Waals surface area (Å²) in [6.45, 7) is 0. The lowest BCUT2D eigenvalue weighted by Crippen LogP contribution is -1.82. The molecule has 80 valence electrons. The van der Waals surface area contributed by atoms with Crippen LogP contribution < -0.4 is 0 Å². The molecule has 0 aromatic heterocycles. The molecule has 0 radical (unpaired) electrons. The van der Waals surface area contributed by atoms with Gasteiger partial charge in [-0.3, -0.25) is 0 Å². The Morgan fingerprint density at radius 3 is 1.67 bits per heavy atom. The minimum absolute atomic E-state index is 1.16. The highest BCUT2D eigenvalue weighted by atomic mass is 14.1. The first-order valence-electron chi connectivity index (χ1n) is 6.16. The summed E-state index contributed by atoms with van der Waals surface area (Å²) in [6, 6.07) is 0. The molecule has 0 saturated heterocycles. The fourth-order valence-electron chi connectivity index (χ4n) is 2.22. The van der Waals surface area contributed by atoms with Crippen LogP contribution in [-0.4, -0.2) is 0 Å². The Bertz CT molecular complexity index is 281. The molecular weight excluding hydrogens is 180 g/mol. The van der Waals surface area contributed by atoms with Crippen LogP contribution in [0, 0.1) is 0 Å². The first-order chi connectivity index (χ1) is 7.45. The molecule has 0 fully saturated rings. The van der Waals surface area contributed by atoms with Crippen molar-refractivity contribution in [3.63, 3.8) is 0 Å². The van der Waals surface area contributed by atoms with E-state index in [0.717, 1.165) is 12.8 Å². The van der Waals surface area contributed by atoms with Crippen LogP contribution in [0.3, 0.4) is 0 Å². The average molecular weight is 200 g/mol. The van der Waals surface area contributed by atoms with E-state index in [9.17, 15) is 0 Å². The van der Waals surface area contributed by atoms with Gasteiger partial charge in [-0.25, -0.2) is 0 Å². The molecule has 2 rings (SSSR count). The van der Waals surface area contributed by atoms with E-state index in [0.29, 0.717) is 0 Å². The molecule has 15 heavy (non-hydrogen) atoms. The summed E-state index contributed by atoms with van der Waals surface area (Å²) in [6.07, 6.45) is 22.7. The lowest BCUT2D eigenvalue weighted by atomic mass is 10.0. The fraction of sp³-hybridized carbons (Fsp3) is 0.467. The van der Waals surface area contributed by atoms with Crippen LogP contribution in [-0.2, 0) is 0 Å². The van der Waals surface area contributed by atoms with Crippen molar-refractivity contribution >= 4 is 0 Å². The Kier molecular flexibility index (Phi) is 4.01. The molecule has 0 aromatic carbocycles. The Morgan fingerprint density at radius 1 is 0.733 bits per heavy atom. The second-order valence-electron chi connectivity index (χ2n) is 4.39. The van der Waals surface area contributed by atoms with Crippen molar-refractivity contribution in [1.29, 1.82) is 0 Å². The van der Waals surface area contributed by atoms with E-state index in [-0.39, 0.29) is 0 Å². The van der Waals surface area contributed by atoms with Gasteiger partial charge in [0.1, 0.15) is 0 Å². The molecule has 0 atom stereocenters. The van der Waals surface area contributed by atoms with E-state index in [2.05, 4.69) is 36.5 Å². The second kappa shape index (κ2) is 5.75. The zero-order valence-corrected chi connectivity index (χ0v) is 9.41. The maximum Gasteiger partial charge on any atom is -0.0160 e. The predicted molar refractivity (Wildman–Crippen MR) is 66.8 cm³/mol. The summed E-state index contributed by atoms with van der Waals surface area (Å²) in [5, 5.41) is 0. The van der Waals surface area contributed by atoms with Crippen molar-refractivity contribution in [2.24, 2.45) is 0 Å². The summed E-state index contributed by atoms with van der Waals surface area (Å²) in [7, 11) is 0. The van der Waals surface area contributed by atoms with Crippen molar-refractivity contribution in [2.45, 2.75) is 44.9 Å². The van der Waals surface area contributed by atoms with Crippen molar-refractivity contribution in [2.75, 3.05) is 0 Å². The van der Waals surface area contributed by atoms with E-state index >= 15 is 0 Å². The Hall–Kier alpha value is -1.04. The van der Waals surface area contributed by atoms with Gasteiger partial charge >= 0.3 is 0 Å². The molecule has 0 unspecified atom stereocenters. The van der Waals surface area contributed by atoms with Crippen LogP contribution in [0.25, 0.3) is 0 Å². The average Bonchev–Trinajstić information content (AvgIpc) is 2.88. The van der Waals surface area contributed by atoms with Gasteiger partial charge in [0.05, 0.1) is 0 Å². The van der Waals surface area contributed by atoms with E-state index in [4.69, 9.17) is 0 Å². The number of unbranched alkanes of at least 4 members (excludes halogenated alkanes) is 2. The minimum Gasteiger partial charge on any atom is -0.0805 e. The van der Waals surface area contributed by atoms with Gasteiger partial charge in [-0.15, -0.1) is 0 Å². The molecule has 0 amide bonds. The molecule has 0 bridgehead atoms. The third-order valence-corrected chi connectivity index (χ3v) is 3.13. The Labute approximate surface area is 93.1 Å². The van der Waals surface area contributed by atoms with Crippen molar-refractivity contribution in [3.8, 4) is 0 Å². The summed E-state index contributed by atoms with van der Waals surface area (Å²) >= 11 is 0. The topological polar surface area (TPSA) is 0 Å². The van der Waals surface area contributed by atoms with E-state index in [1.165, 1.54) is 32.1 Å². The van der Waals surface area contributed by atoms with Gasteiger partial charge < -0.3 is 0 Å². The summed E-state index contributed by atoms with van der Waals surface area (Å²) in [4.78, 5) is 0. The van der Waals surface area contributed by atoms with E-state index in [1.54, 1.807) is 11.1 Å². The second-order valence-corrected chi connectivity index (χ2v) is 4.39. The summed E-state index contributed by atoms with van der Waals surface area (Å²) < 4.78 is 0. The van der Waals surface area contributed by atoms with E-state index in [1.807, 2.05) is 0 Å². The Balaban J connectivity index is 1.52. The van der Waals surface area contributed by atoms with Gasteiger partial charge in [-0.2, -0.15) is 0 Å².